The van der Waals surface area contributed by atoms with Crippen molar-refractivity contribution in [3.05, 3.63) is 88.1 Å². The third-order valence-electron chi connectivity index (χ3n) is 4.81. The van der Waals surface area contributed by atoms with Crippen molar-refractivity contribution in [3.8, 4) is 5.82 Å². The van der Waals surface area contributed by atoms with Gasteiger partial charge in [-0.3, -0.25) is 4.79 Å². The average molecular weight is 417 g/mol. The molecule has 5 nitrogen and oxygen atoms in total. The van der Waals surface area contributed by atoms with Gasteiger partial charge in [-0.05, 0) is 61.7 Å². The van der Waals surface area contributed by atoms with E-state index in [0.29, 0.717) is 16.7 Å². The second-order valence-electron chi connectivity index (χ2n) is 7.23. The minimum atomic E-state index is -0.259. The van der Waals surface area contributed by atoms with Gasteiger partial charge < -0.3 is 5.32 Å². The molecule has 0 spiro atoms. The standard InChI is InChI=1S/C24H21ClN4O/c1-15-6-4-9-20-16(2)12-21(27-24(15)20)29-22(13-17(3)28-29)26-23(30)11-10-18-7-5-8-19(25)14-18/h4-14H,1-3H3,(H,26,30)/b11-10+. The van der Waals surface area contributed by atoms with Gasteiger partial charge in [-0.15, -0.1) is 0 Å². The Labute approximate surface area is 180 Å². The second-order valence-corrected chi connectivity index (χ2v) is 7.67. The number of fused-ring (bicyclic) bond motifs is 1. The quantitative estimate of drug-likeness (QED) is 0.437. The predicted octanol–water partition coefficient (Wildman–Crippen LogP) is 5.65. The summed E-state index contributed by atoms with van der Waals surface area (Å²) >= 11 is 5.99. The molecule has 0 atom stereocenters. The highest BCUT2D eigenvalue weighted by atomic mass is 35.5. The summed E-state index contributed by atoms with van der Waals surface area (Å²) in [5, 5.41) is 9.17. The van der Waals surface area contributed by atoms with Crippen molar-refractivity contribution in [2.45, 2.75) is 20.8 Å². The van der Waals surface area contributed by atoms with E-state index < -0.39 is 0 Å². The molecule has 0 bridgehead atoms. The van der Waals surface area contributed by atoms with E-state index in [2.05, 4.69) is 23.4 Å². The van der Waals surface area contributed by atoms with Gasteiger partial charge in [0.1, 0.15) is 5.82 Å². The molecule has 1 amide bonds. The highest BCUT2D eigenvalue weighted by molar-refractivity contribution is 6.30. The third kappa shape index (κ3) is 4.11. The van der Waals surface area contributed by atoms with Gasteiger partial charge in [0.2, 0.25) is 5.91 Å². The number of halogens is 1. The molecule has 0 radical (unpaired) electrons. The third-order valence-corrected chi connectivity index (χ3v) is 5.05. The Balaban J connectivity index is 1.65. The molecule has 0 fully saturated rings. The SMILES string of the molecule is Cc1cc(NC(=O)/C=C/c2cccc(Cl)c2)n(-c2cc(C)c3cccc(C)c3n2)n1. The fourth-order valence-corrected chi connectivity index (χ4v) is 3.56. The van der Waals surface area contributed by atoms with Crippen LogP contribution in [-0.2, 0) is 4.79 Å². The van der Waals surface area contributed by atoms with Gasteiger partial charge in [-0.25, -0.2) is 4.98 Å². The highest BCUT2D eigenvalue weighted by Gasteiger charge is 2.13. The topological polar surface area (TPSA) is 59.8 Å². The second kappa shape index (κ2) is 8.13. The van der Waals surface area contributed by atoms with Crippen LogP contribution in [0.1, 0.15) is 22.4 Å². The lowest BCUT2D eigenvalue weighted by Crippen LogP contribution is -2.13. The predicted molar refractivity (Wildman–Crippen MR) is 122 cm³/mol. The summed E-state index contributed by atoms with van der Waals surface area (Å²) < 4.78 is 1.67. The van der Waals surface area contributed by atoms with Gasteiger partial charge in [-0.2, -0.15) is 9.78 Å². The molecule has 2 aromatic carbocycles. The number of carbonyl (C=O) groups is 1. The molecule has 0 aliphatic rings. The van der Waals surface area contributed by atoms with Gasteiger partial charge in [-0.1, -0.05) is 41.9 Å². The van der Waals surface area contributed by atoms with E-state index in [1.165, 1.54) is 6.08 Å². The van der Waals surface area contributed by atoms with Crippen molar-refractivity contribution in [2.75, 3.05) is 5.32 Å². The van der Waals surface area contributed by atoms with Crippen LogP contribution < -0.4 is 5.32 Å². The molecule has 4 aromatic rings. The first-order valence-electron chi connectivity index (χ1n) is 9.59. The van der Waals surface area contributed by atoms with Crippen molar-refractivity contribution in [1.29, 1.82) is 0 Å². The van der Waals surface area contributed by atoms with Gasteiger partial charge in [0.15, 0.2) is 5.82 Å². The van der Waals surface area contributed by atoms with E-state index in [0.717, 1.165) is 33.3 Å². The zero-order valence-electron chi connectivity index (χ0n) is 17.0. The molecule has 0 saturated carbocycles. The number of hydrogen-bond acceptors (Lipinski definition) is 3. The number of anilines is 1. The minimum absolute atomic E-state index is 0.259. The lowest BCUT2D eigenvalue weighted by atomic mass is 10.1. The van der Waals surface area contributed by atoms with Crippen LogP contribution in [0.3, 0.4) is 0 Å². The van der Waals surface area contributed by atoms with Crippen molar-refractivity contribution in [3.63, 3.8) is 0 Å². The molecular weight excluding hydrogens is 396 g/mol. The number of amides is 1. The molecule has 0 saturated heterocycles. The summed E-state index contributed by atoms with van der Waals surface area (Å²) in [6.45, 7) is 5.97. The van der Waals surface area contributed by atoms with E-state index in [4.69, 9.17) is 16.6 Å². The molecule has 1 N–H and O–H groups in total. The van der Waals surface area contributed by atoms with Crippen LogP contribution in [0, 0.1) is 20.8 Å². The van der Waals surface area contributed by atoms with Gasteiger partial charge in [0, 0.05) is 22.6 Å². The van der Waals surface area contributed by atoms with Gasteiger partial charge in [0.25, 0.3) is 0 Å². The van der Waals surface area contributed by atoms with Crippen LogP contribution in [0.25, 0.3) is 22.8 Å². The fraction of sp³-hybridized carbons (Fsp3) is 0.125. The number of nitrogens with one attached hydrogen (secondary N) is 1. The normalized spacial score (nSPS) is 11.3. The Morgan fingerprint density at radius 1 is 1.03 bits per heavy atom. The Kier molecular flexibility index (Phi) is 5.38. The molecule has 150 valence electrons. The van der Waals surface area contributed by atoms with Crippen LogP contribution >= 0.6 is 11.6 Å². The molecule has 2 aromatic heterocycles. The van der Waals surface area contributed by atoms with E-state index in [1.807, 2.05) is 50.2 Å². The van der Waals surface area contributed by atoms with Crippen LogP contribution in [0.15, 0.2) is 60.7 Å². The number of pyridine rings is 1. The summed E-state index contributed by atoms with van der Waals surface area (Å²) in [5.41, 5.74) is 4.76. The number of hydrogen-bond donors (Lipinski definition) is 1. The zero-order valence-corrected chi connectivity index (χ0v) is 17.7. The van der Waals surface area contributed by atoms with Crippen molar-refractivity contribution in [1.82, 2.24) is 14.8 Å². The van der Waals surface area contributed by atoms with Crippen LogP contribution in [-0.4, -0.2) is 20.7 Å². The number of nitrogens with zero attached hydrogens (tertiary/aromatic N) is 3. The summed E-state index contributed by atoms with van der Waals surface area (Å²) in [5.74, 6) is 0.967. The van der Waals surface area contributed by atoms with E-state index in [9.17, 15) is 4.79 Å². The van der Waals surface area contributed by atoms with Crippen LogP contribution in [0.4, 0.5) is 5.82 Å². The van der Waals surface area contributed by atoms with Crippen molar-refractivity contribution < 1.29 is 4.79 Å². The first kappa shape index (κ1) is 19.9. The first-order valence-corrected chi connectivity index (χ1v) is 9.97. The zero-order chi connectivity index (χ0) is 21.3. The van der Waals surface area contributed by atoms with Gasteiger partial charge in [0.05, 0.1) is 11.2 Å². The number of rotatable bonds is 4. The van der Waals surface area contributed by atoms with Crippen LogP contribution in [0.2, 0.25) is 5.02 Å². The molecule has 0 unspecified atom stereocenters. The fourth-order valence-electron chi connectivity index (χ4n) is 3.37. The molecule has 0 aliphatic carbocycles. The number of aromatic nitrogens is 3. The van der Waals surface area contributed by atoms with Crippen molar-refractivity contribution >= 4 is 40.3 Å². The maximum atomic E-state index is 12.5. The first-order chi connectivity index (χ1) is 14.4. The summed E-state index contributed by atoms with van der Waals surface area (Å²) in [6, 6.07) is 17.2. The maximum Gasteiger partial charge on any atom is 0.249 e. The molecule has 4 rings (SSSR count). The number of benzene rings is 2. The number of aryl methyl sites for hydroxylation is 3. The summed E-state index contributed by atoms with van der Waals surface area (Å²) in [7, 11) is 0. The smallest absolute Gasteiger partial charge is 0.249 e. The highest BCUT2D eigenvalue weighted by Crippen LogP contribution is 2.24. The maximum absolute atomic E-state index is 12.5. The summed E-state index contributed by atoms with van der Waals surface area (Å²) in [4.78, 5) is 17.3. The Bertz CT molecular complexity index is 1290. The largest absolute Gasteiger partial charge is 0.307 e. The average Bonchev–Trinajstić information content (AvgIpc) is 3.07. The van der Waals surface area contributed by atoms with Crippen LogP contribution in [0.5, 0.6) is 0 Å². The lowest BCUT2D eigenvalue weighted by Gasteiger charge is -2.11. The Hall–Kier alpha value is -3.44. The van der Waals surface area contributed by atoms with Gasteiger partial charge >= 0.3 is 0 Å². The lowest BCUT2D eigenvalue weighted by molar-refractivity contribution is -0.111. The molecule has 30 heavy (non-hydrogen) atoms. The summed E-state index contributed by atoms with van der Waals surface area (Å²) in [6.07, 6.45) is 3.19. The molecule has 6 heteroatoms. The molecular formula is C24H21ClN4O. The Morgan fingerprint density at radius 3 is 2.63 bits per heavy atom. The monoisotopic (exact) mass is 416 g/mol. The minimum Gasteiger partial charge on any atom is -0.307 e. The Morgan fingerprint density at radius 2 is 1.83 bits per heavy atom. The number of para-hydroxylation sites is 1. The van der Waals surface area contributed by atoms with E-state index >= 15 is 0 Å². The van der Waals surface area contributed by atoms with E-state index in [1.54, 1.807) is 22.9 Å². The molecule has 2 heterocycles. The molecule has 0 aliphatic heterocycles. The number of carbonyl (C=O) groups excluding carboxylic acids is 1. The van der Waals surface area contributed by atoms with E-state index in [-0.39, 0.29) is 5.91 Å². The van der Waals surface area contributed by atoms with Crippen molar-refractivity contribution in [2.24, 2.45) is 0 Å².